The number of carbonyl (C=O) groups excluding carboxylic acids is 1. The number of para-hydroxylation sites is 1. The zero-order valence-corrected chi connectivity index (χ0v) is 16.3. The van der Waals surface area contributed by atoms with E-state index >= 15 is 0 Å². The number of thiazole rings is 1. The van der Waals surface area contributed by atoms with Gasteiger partial charge in [0.1, 0.15) is 6.54 Å². The van der Waals surface area contributed by atoms with Crippen LogP contribution >= 0.6 is 22.7 Å². The molecule has 0 bridgehead atoms. The van der Waals surface area contributed by atoms with Crippen LogP contribution in [0.1, 0.15) is 15.6 Å². The molecule has 0 radical (unpaired) electrons. The third-order valence-electron chi connectivity index (χ3n) is 4.31. The smallest absolute Gasteiger partial charge is 0.240 e. The summed E-state index contributed by atoms with van der Waals surface area (Å²) in [5.41, 5.74) is 3.21. The van der Waals surface area contributed by atoms with E-state index in [9.17, 15) is 4.79 Å². The standard InChI is InChI=1S/C20H19N3OS2/c1-13-9-15-5-3-4-6-18(15)23(13)11-20(24)21-10-16-7-8-19(26-16)17-12-25-14(2)22-17/h3-9,12H,10-11H2,1-2H3,(H,21,24). The molecule has 0 unspecified atom stereocenters. The van der Waals surface area contributed by atoms with E-state index < -0.39 is 0 Å². The van der Waals surface area contributed by atoms with Gasteiger partial charge in [-0.15, -0.1) is 22.7 Å². The molecular formula is C20H19N3OS2. The number of fused-ring (bicyclic) bond motifs is 1. The van der Waals surface area contributed by atoms with Crippen LogP contribution < -0.4 is 5.32 Å². The topological polar surface area (TPSA) is 46.9 Å². The molecule has 0 aliphatic heterocycles. The van der Waals surface area contributed by atoms with Crippen molar-refractivity contribution < 1.29 is 4.79 Å². The van der Waals surface area contributed by atoms with E-state index in [2.05, 4.69) is 50.6 Å². The van der Waals surface area contributed by atoms with Crippen molar-refractivity contribution in [1.82, 2.24) is 14.9 Å². The Morgan fingerprint density at radius 1 is 1.19 bits per heavy atom. The summed E-state index contributed by atoms with van der Waals surface area (Å²) in [6.45, 7) is 4.93. The fourth-order valence-corrected chi connectivity index (χ4v) is 4.63. The van der Waals surface area contributed by atoms with Crippen LogP contribution in [0.3, 0.4) is 0 Å². The fraction of sp³-hybridized carbons (Fsp3) is 0.200. The average molecular weight is 382 g/mol. The molecule has 3 aromatic heterocycles. The Morgan fingerprint density at radius 3 is 2.85 bits per heavy atom. The molecule has 1 aromatic carbocycles. The van der Waals surface area contributed by atoms with Crippen molar-refractivity contribution >= 4 is 39.5 Å². The Labute approximate surface area is 160 Å². The molecule has 0 fully saturated rings. The van der Waals surface area contributed by atoms with Crippen molar-refractivity contribution in [3.8, 4) is 10.6 Å². The number of thiophene rings is 1. The molecule has 1 N–H and O–H groups in total. The molecule has 0 saturated carbocycles. The van der Waals surface area contributed by atoms with Crippen molar-refractivity contribution in [2.24, 2.45) is 0 Å². The molecule has 6 heteroatoms. The lowest BCUT2D eigenvalue weighted by Crippen LogP contribution is -2.27. The second kappa shape index (κ2) is 7.05. The predicted octanol–water partition coefficient (Wildman–Crippen LogP) is 4.76. The number of aryl methyl sites for hydroxylation is 2. The maximum Gasteiger partial charge on any atom is 0.240 e. The molecular weight excluding hydrogens is 362 g/mol. The van der Waals surface area contributed by atoms with Gasteiger partial charge in [-0.25, -0.2) is 4.98 Å². The minimum atomic E-state index is 0.0221. The van der Waals surface area contributed by atoms with Gasteiger partial charge in [-0.1, -0.05) is 18.2 Å². The van der Waals surface area contributed by atoms with Gasteiger partial charge in [0.15, 0.2) is 0 Å². The van der Waals surface area contributed by atoms with Crippen LogP contribution in [0.2, 0.25) is 0 Å². The van der Waals surface area contributed by atoms with Crippen LogP contribution in [0, 0.1) is 13.8 Å². The fourth-order valence-electron chi connectivity index (χ4n) is 3.03. The minimum Gasteiger partial charge on any atom is -0.350 e. The van der Waals surface area contributed by atoms with E-state index in [1.807, 2.05) is 26.0 Å². The number of carbonyl (C=O) groups is 1. The lowest BCUT2D eigenvalue weighted by Gasteiger charge is -2.08. The van der Waals surface area contributed by atoms with Crippen LogP contribution in [0.15, 0.2) is 47.8 Å². The summed E-state index contributed by atoms with van der Waals surface area (Å²) in [5, 5.41) is 7.34. The number of benzene rings is 1. The van der Waals surface area contributed by atoms with Gasteiger partial charge in [-0.3, -0.25) is 4.79 Å². The van der Waals surface area contributed by atoms with Crippen LogP contribution in [0.4, 0.5) is 0 Å². The molecule has 4 rings (SSSR count). The Bertz CT molecular complexity index is 1070. The van der Waals surface area contributed by atoms with Crippen LogP contribution in [-0.2, 0) is 17.9 Å². The van der Waals surface area contributed by atoms with Gasteiger partial charge in [-0.2, -0.15) is 0 Å². The van der Waals surface area contributed by atoms with Crippen LogP contribution in [0.25, 0.3) is 21.5 Å². The zero-order chi connectivity index (χ0) is 18.1. The van der Waals surface area contributed by atoms with E-state index in [1.54, 1.807) is 22.7 Å². The maximum atomic E-state index is 12.4. The quantitative estimate of drug-likeness (QED) is 0.542. The summed E-state index contributed by atoms with van der Waals surface area (Å²) in [5.74, 6) is 0.0221. The normalized spacial score (nSPS) is 11.2. The number of nitrogens with zero attached hydrogens (tertiary/aromatic N) is 2. The van der Waals surface area contributed by atoms with Crippen molar-refractivity contribution in [3.63, 3.8) is 0 Å². The number of aromatic nitrogens is 2. The van der Waals surface area contributed by atoms with E-state index in [0.29, 0.717) is 13.1 Å². The summed E-state index contributed by atoms with van der Waals surface area (Å²) in [4.78, 5) is 19.2. The number of amides is 1. The molecule has 4 aromatic rings. The molecule has 3 heterocycles. The third-order valence-corrected chi connectivity index (χ3v) is 6.19. The monoisotopic (exact) mass is 381 g/mol. The lowest BCUT2D eigenvalue weighted by molar-refractivity contribution is -0.121. The summed E-state index contributed by atoms with van der Waals surface area (Å²) in [6.07, 6.45) is 0. The highest BCUT2D eigenvalue weighted by Gasteiger charge is 2.10. The SMILES string of the molecule is Cc1nc(-c2ccc(CNC(=O)Cn3c(C)cc4ccccc43)s2)cs1. The summed E-state index contributed by atoms with van der Waals surface area (Å²) >= 11 is 3.33. The molecule has 0 aliphatic rings. The summed E-state index contributed by atoms with van der Waals surface area (Å²) in [7, 11) is 0. The number of hydrogen-bond acceptors (Lipinski definition) is 4. The van der Waals surface area contributed by atoms with Crippen molar-refractivity contribution in [1.29, 1.82) is 0 Å². The number of hydrogen-bond donors (Lipinski definition) is 1. The Kier molecular flexibility index (Phi) is 4.61. The first-order valence-corrected chi connectivity index (χ1v) is 10.1. The number of nitrogens with one attached hydrogen (secondary N) is 1. The molecule has 0 saturated heterocycles. The van der Waals surface area contributed by atoms with E-state index in [-0.39, 0.29) is 5.91 Å². The van der Waals surface area contributed by atoms with Gasteiger partial charge in [0.25, 0.3) is 0 Å². The molecule has 0 aliphatic carbocycles. The Morgan fingerprint density at radius 2 is 2.04 bits per heavy atom. The first kappa shape index (κ1) is 17.0. The largest absolute Gasteiger partial charge is 0.350 e. The van der Waals surface area contributed by atoms with E-state index in [4.69, 9.17) is 0 Å². The van der Waals surface area contributed by atoms with Crippen LogP contribution in [0.5, 0.6) is 0 Å². The molecule has 0 spiro atoms. The van der Waals surface area contributed by atoms with Gasteiger partial charge in [0.05, 0.1) is 22.1 Å². The molecule has 0 atom stereocenters. The first-order valence-electron chi connectivity index (χ1n) is 8.43. The molecule has 26 heavy (non-hydrogen) atoms. The van der Waals surface area contributed by atoms with Gasteiger partial charge < -0.3 is 9.88 Å². The van der Waals surface area contributed by atoms with E-state index in [1.165, 1.54) is 5.39 Å². The highest BCUT2D eigenvalue weighted by molar-refractivity contribution is 7.16. The predicted molar refractivity (Wildman–Crippen MR) is 109 cm³/mol. The minimum absolute atomic E-state index is 0.0221. The maximum absolute atomic E-state index is 12.4. The summed E-state index contributed by atoms with van der Waals surface area (Å²) in [6, 6.07) is 14.4. The lowest BCUT2D eigenvalue weighted by atomic mass is 10.2. The second-order valence-electron chi connectivity index (χ2n) is 6.23. The molecule has 132 valence electrons. The van der Waals surface area contributed by atoms with Gasteiger partial charge in [-0.05, 0) is 43.5 Å². The van der Waals surface area contributed by atoms with Gasteiger partial charge >= 0.3 is 0 Å². The highest BCUT2D eigenvalue weighted by atomic mass is 32.1. The van der Waals surface area contributed by atoms with Gasteiger partial charge in [0, 0.05) is 21.5 Å². The molecule has 4 nitrogen and oxygen atoms in total. The van der Waals surface area contributed by atoms with Crippen molar-refractivity contribution in [2.45, 2.75) is 26.9 Å². The Balaban J connectivity index is 1.41. The van der Waals surface area contributed by atoms with Crippen LogP contribution in [-0.4, -0.2) is 15.5 Å². The van der Waals surface area contributed by atoms with Crippen molar-refractivity contribution in [2.75, 3.05) is 0 Å². The van der Waals surface area contributed by atoms with Crippen molar-refractivity contribution in [3.05, 3.63) is 63.4 Å². The second-order valence-corrected chi connectivity index (χ2v) is 8.46. The average Bonchev–Trinajstić information content (AvgIpc) is 3.33. The third kappa shape index (κ3) is 3.43. The Hall–Kier alpha value is -2.44. The number of rotatable bonds is 5. The first-order chi connectivity index (χ1) is 12.6. The van der Waals surface area contributed by atoms with Gasteiger partial charge in [0.2, 0.25) is 5.91 Å². The molecule has 1 amide bonds. The van der Waals surface area contributed by atoms with E-state index in [0.717, 1.165) is 31.7 Å². The summed E-state index contributed by atoms with van der Waals surface area (Å²) < 4.78 is 2.06. The highest BCUT2D eigenvalue weighted by Crippen LogP contribution is 2.29. The zero-order valence-electron chi connectivity index (χ0n) is 14.7.